The van der Waals surface area contributed by atoms with E-state index in [2.05, 4.69) is 52.0 Å². The lowest BCUT2D eigenvalue weighted by Crippen LogP contribution is -2.47. The molecule has 0 bridgehead atoms. The number of nitrogens with one attached hydrogen (secondary N) is 1. The number of nitrogens with zero attached hydrogens (tertiary/aromatic N) is 2. The molecule has 2 aromatic carbocycles. The van der Waals surface area contributed by atoms with Gasteiger partial charge in [-0.1, -0.05) is 6.07 Å². The van der Waals surface area contributed by atoms with Crippen molar-refractivity contribution in [3.8, 4) is 22.8 Å². The Morgan fingerprint density at radius 1 is 0.743 bits per heavy atom. The van der Waals surface area contributed by atoms with Crippen LogP contribution in [0, 0.1) is 6.92 Å². The van der Waals surface area contributed by atoms with Gasteiger partial charge < -0.3 is 24.3 Å². The number of rotatable bonds is 6. The summed E-state index contributed by atoms with van der Waals surface area (Å²) in [6.45, 7) is 7.37. The summed E-state index contributed by atoms with van der Waals surface area (Å²) in [6, 6.07) is 15.0. The number of hydrogen-bond donors (Lipinski definition) is 1. The third kappa shape index (κ3) is 4.45. The monoisotopic (exact) mass is 473 g/mol. The first kappa shape index (κ1) is 22.9. The molecule has 186 valence electrons. The number of aromatic nitrogens is 1. The summed E-state index contributed by atoms with van der Waals surface area (Å²) < 4.78 is 11.0. The third-order valence-electron chi connectivity index (χ3n) is 8.83. The van der Waals surface area contributed by atoms with E-state index in [4.69, 9.17) is 9.47 Å². The molecule has 2 aliphatic heterocycles. The van der Waals surface area contributed by atoms with Crippen LogP contribution in [0.1, 0.15) is 55.6 Å². The van der Waals surface area contributed by atoms with E-state index in [1.807, 2.05) is 6.07 Å². The third-order valence-corrected chi connectivity index (χ3v) is 8.83. The molecule has 3 aliphatic rings. The van der Waals surface area contributed by atoms with Gasteiger partial charge in [-0.25, -0.2) is 0 Å². The summed E-state index contributed by atoms with van der Waals surface area (Å²) in [4.78, 5) is 9.20. The molecule has 5 nitrogen and oxygen atoms in total. The molecule has 5 heteroatoms. The van der Waals surface area contributed by atoms with E-state index in [0.717, 1.165) is 34.8 Å². The van der Waals surface area contributed by atoms with E-state index in [1.54, 1.807) is 14.2 Å². The van der Waals surface area contributed by atoms with Crippen molar-refractivity contribution in [1.82, 2.24) is 14.8 Å². The molecule has 3 heterocycles. The standard InChI is InChI=1S/C30H39N3O2/c1-20-26-18-22(4-8-27(26)31-30(20)23-5-9-28(34-2)29(19-23)35-3)21-10-14-32(15-11-21)25-12-16-33(17-13-25)24-6-7-24/h4-5,8-9,18-19,21,24-25,31H,6-7,10-17H2,1-3H3. The lowest BCUT2D eigenvalue weighted by atomic mass is 9.87. The second-order valence-corrected chi connectivity index (χ2v) is 10.8. The van der Waals surface area contributed by atoms with E-state index in [-0.39, 0.29) is 0 Å². The number of hydrogen-bond acceptors (Lipinski definition) is 4. The summed E-state index contributed by atoms with van der Waals surface area (Å²) in [5.41, 5.74) is 6.29. The highest BCUT2D eigenvalue weighted by Gasteiger charge is 2.34. The number of fused-ring (bicyclic) bond motifs is 1. The number of piperidine rings is 2. The maximum atomic E-state index is 5.54. The Balaban J connectivity index is 1.15. The number of ether oxygens (including phenoxy) is 2. The Labute approximate surface area is 209 Å². The molecule has 0 unspecified atom stereocenters. The Kier molecular flexibility index (Phi) is 6.23. The zero-order valence-electron chi connectivity index (χ0n) is 21.5. The van der Waals surface area contributed by atoms with Gasteiger partial charge in [-0.2, -0.15) is 0 Å². The van der Waals surface area contributed by atoms with Crippen molar-refractivity contribution in [2.75, 3.05) is 40.4 Å². The zero-order chi connectivity index (χ0) is 23.9. The second kappa shape index (κ2) is 9.51. The van der Waals surface area contributed by atoms with Gasteiger partial charge in [-0.3, -0.25) is 0 Å². The molecule has 1 aromatic heterocycles. The minimum atomic E-state index is 0.668. The number of benzene rings is 2. The van der Waals surface area contributed by atoms with Gasteiger partial charge in [-0.15, -0.1) is 0 Å². The van der Waals surface area contributed by atoms with Crippen LogP contribution in [0.4, 0.5) is 0 Å². The Morgan fingerprint density at radius 2 is 1.40 bits per heavy atom. The molecule has 1 saturated carbocycles. The van der Waals surface area contributed by atoms with Crippen molar-refractivity contribution in [2.24, 2.45) is 0 Å². The Bertz CT molecular complexity index is 1180. The summed E-state index contributed by atoms with van der Waals surface area (Å²) in [5, 5.41) is 1.34. The van der Waals surface area contributed by atoms with Crippen LogP contribution in [0.5, 0.6) is 11.5 Å². The fourth-order valence-electron chi connectivity index (χ4n) is 6.53. The van der Waals surface area contributed by atoms with Gasteiger partial charge in [0.25, 0.3) is 0 Å². The number of aryl methyl sites for hydroxylation is 1. The molecular weight excluding hydrogens is 434 g/mol. The number of likely N-dealkylation sites (tertiary alicyclic amines) is 2. The van der Waals surface area contributed by atoms with Crippen molar-refractivity contribution in [3.05, 3.63) is 47.5 Å². The highest BCUT2D eigenvalue weighted by atomic mass is 16.5. The molecule has 3 fully saturated rings. The van der Waals surface area contributed by atoms with Crippen LogP contribution in [-0.4, -0.2) is 67.3 Å². The molecule has 0 spiro atoms. The summed E-state index contributed by atoms with van der Waals surface area (Å²) in [5.74, 6) is 2.18. The molecule has 3 aromatic rings. The van der Waals surface area contributed by atoms with Crippen molar-refractivity contribution in [1.29, 1.82) is 0 Å². The molecule has 0 amide bonds. The molecule has 0 atom stereocenters. The highest BCUT2D eigenvalue weighted by molar-refractivity contribution is 5.91. The smallest absolute Gasteiger partial charge is 0.161 e. The number of H-pyrrole nitrogens is 1. The quantitative estimate of drug-likeness (QED) is 0.479. The lowest BCUT2D eigenvalue weighted by Gasteiger charge is -2.42. The first-order chi connectivity index (χ1) is 17.1. The van der Waals surface area contributed by atoms with Crippen molar-refractivity contribution in [3.63, 3.8) is 0 Å². The fraction of sp³-hybridized carbons (Fsp3) is 0.533. The second-order valence-electron chi connectivity index (χ2n) is 10.8. The average molecular weight is 474 g/mol. The predicted octanol–water partition coefficient (Wildman–Crippen LogP) is 5.97. The summed E-state index contributed by atoms with van der Waals surface area (Å²) in [7, 11) is 3.36. The minimum absolute atomic E-state index is 0.668. The van der Waals surface area contributed by atoms with E-state index >= 15 is 0 Å². The van der Waals surface area contributed by atoms with Gasteiger partial charge >= 0.3 is 0 Å². The largest absolute Gasteiger partial charge is 0.493 e. The van der Waals surface area contributed by atoms with Crippen LogP contribution < -0.4 is 9.47 Å². The van der Waals surface area contributed by atoms with Gasteiger partial charge in [0, 0.05) is 34.2 Å². The summed E-state index contributed by atoms with van der Waals surface area (Å²) >= 11 is 0. The lowest BCUT2D eigenvalue weighted by molar-refractivity contribution is 0.0844. The van der Waals surface area contributed by atoms with Crippen LogP contribution in [0.15, 0.2) is 36.4 Å². The van der Waals surface area contributed by atoms with Gasteiger partial charge in [0.1, 0.15) is 0 Å². The van der Waals surface area contributed by atoms with Crippen molar-refractivity contribution < 1.29 is 9.47 Å². The topological polar surface area (TPSA) is 40.7 Å². The van der Waals surface area contributed by atoms with E-state index in [1.165, 1.54) is 86.7 Å². The van der Waals surface area contributed by atoms with Crippen LogP contribution >= 0.6 is 0 Å². The van der Waals surface area contributed by atoms with Crippen molar-refractivity contribution in [2.45, 2.75) is 63.5 Å². The molecule has 6 rings (SSSR count). The van der Waals surface area contributed by atoms with E-state index in [9.17, 15) is 0 Å². The van der Waals surface area contributed by atoms with Gasteiger partial charge in [0.05, 0.1) is 14.2 Å². The first-order valence-electron chi connectivity index (χ1n) is 13.5. The van der Waals surface area contributed by atoms with E-state index in [0.29, 0.717) is 5.92 Å². The average Bonchev–Trinajstić information content (AvgIpc) is 3.72. The highest BCUT2D eigenvalue weighted by Crippen LogP contribution is 2.38. The summed E-state index contributed by atoms with van der Waals surface area (Å²) in [6.07, 6.45) is 8.18. The molecule has 0 radical (unpaired) electrons. The van der Waals surface area contributed by atoms with Crippen molar-refractivity contribution >= 4 is 10.9 Å². The molecule has 35 heavy (non-hydrogen) atoms. The minimum Gasteiger partial charge on any atom is -0.493 e. The maximum Gasteiger partial charge on any atom is 0.161 e. The molecule has 1 N–H and O–H groups in total. The number of methoxy groups -OCH3 is 2. The molecule has 2 saturated heterocycles. The zero-order valence-corrected chi connectivity index (χ0v) is 21.5. The molecular formula is C30H39N3O2. The normalized spacial score (nSPS) is 21.0. The van der Waals surface area contributed by atoms with E-state index < -0.39 is 0 Å². The van der Waals surface area contributed by atoms with Crippen LogP contribution in [0.25, 0.3) is 22.2 Å². The van der Waals surface area contributed by atoms with Crippen LogP contribution in [-0.2, 0) is 0 Å². The van der Waals surface area contributed by atoms with Gasteiger partial charge in [0.2, 0.25) is 0 Å². The maximum absolute atomic E-state index is 5.54. The van der Waals surface area contributed by atoms with Gasteiger partial charge in [-0.05, 0) is 119 Å². The van der Waals surface area contributed by atoms with Crippen LogP contribution in [0.3, 0.4) is 0 Å². The fourth-order valence-corrected chi connectivity index (χ4v) is 6.53. The Hall–Kier alpha value is -2.50. The Morgan fingerprint density at radius 3 is 2.06 bits per heavy atom. The SMILES string of the molecule is COc1ccc(-c2[nH]c3ccc(C4CCN(C5CCN(C6CC6)CC5)CC4)cc3c2C)cc1OC. The first-order valence-corrected chi connectivity index (χ1v) is 13.5. The van der Waals surface area contributed by atoms with Gasteiger partial charge in [0.15, 0.2) is 11.5 Å². The molecule has 1 aliphatic carbocycles. The number of aromatic amines is 1. The predicted molar refractivity (Wildman–Crippen MR) is 143 cm³/mol. The van der Waals surface area contributed by atoms with Crippen LogP contribution in [0.2, 0.25) is 0 Å².